The molecule has 26 heavy (non-hydrogen) atoms. The quantitative estimate of drug-likeness (QED) is 0.664. The minimum Gasteiger partial charge on any atom is -0.427 e. The lowest BCUT2D eigenvalue weighted by Crippen LogP contribution is -2.56. The molecule has 6 rings (SSSR count). The maximum atomic E-state index is 11.7. The molecule has 4 heterocycles. The van der Waals surface area contributed by atoms with E-state index in [0.717, 1.165) is 24.8 Å². The van der Waals surface area contributed by atoms with Gasteiger partial charge in [0.1, 0.15) is 5.75 Å². The van der Waals surface area contributed by atoms with Gasteiger partial charge < -0.3 is 9.72 Å². The van der Waals surface area contributed by atoms with Gasteiger partial charge in [0.15, 0.2) is 0 Å². The number of piperidine rings is 2. The van der Waals surface area contributed by atoms with Gasteiger partial charge in [0.25, 0.3) is 0 Å². The number of ether oxygens (including phenoxy) is 1. The Morgan fingerprint density at radius 1 is 1.31 bits per heavy atom. The summed E-state index contributed by atoms with van der Waals surface area (Å²) in [4.78, 5) is 18.2. The number of fused-ring (bicyclic) bond motifs is 4. The summed E-state index contributed by atoms with van der Waals surface area (Å²) in [7, 11) is 0. The number of hydrogen-bond donors (Lipinski definition) is 1. The predicted octanol–water partition coefficient (Wildman–Crippen LogP) is 4.24. The fourth-order valence-electron chi connectivity index (χ4n) is 5.94. The molecule has 1 aliphatic carbocycles. The summed E-state index contributed by atoms with van der Waals surface area (Å²) in [6.07, 6.45) is 5.54. The molecule has 4 bridgehead atoms. The van der Waals surface area contributed by atoms with Gasteiger partial charge in [-0.15, -0.1) is 0 Å². The van der Waals surface area contributed by atoms with Crippen molar-refractivity contribution in [1.82, 2.24) is 9.88 Å². The van der Waals surface area contributed by atoms with Crippen molar-refractivity contribution in [3.05, 3.63) is 29.5 Å². The second-order valence-electron chi connectivity index (χ2n) is 8.40. The van der Waals surface area contributed by atoms with Crippen LogP contribution in [0.25, 0.3) is 10.9 Å². The fourth-order valence-corrected chi connectivity index (χ4v) is 5.94. The zero-order chi connectivity index (χ0) is 17.8. The number of benzene rings is 1. The number of H-pyrrole nitrogens is 1. The molecule has 0 radical (unpaired) electrons. The average Bonchev–Trinajstić information content (AvgIpc) is 2.98. The first kappa shape index (κ1) is 16.4. The Bertz CT molecular complexity index is 855. The maximum absolute atomic E-state index is 11.7. The largest absolute Gasteiger partial charge is 0.427 e. The van der Waals surface area contributed by atoms with E-state index in [1.807, 2.05) is 13.0 Å². The molecule has 4 aliphatic rings. The fraction of sp³-hybridized carbons (Fsp3) is 0.591. The zero-order valence-electron chi connectivity index (χ0n) is 15.8. The van der Waals surface area contributed by atoms with Crippen LogP contribution in [0.3, 0.4) is 0 Å². The highest BCUT2D eigenvalue weighted by atomic mass is 16.5. The number of carbonyl (C=O) groups excluding carboxylic acids is 1. The highest BCUT2D eigenvalue weighted by Crippen LogP contribution is 2.51. The molecule has 5 atom stereocenters. The number of aromatic amines is 1. The summed E-state index contributed by atoms with van der Waals surface area (Å²) < 4.78 is 5.47. The number of aromatic nitrogens is 1. The molecule has 4 heteroatoms. The first-order valence-corrected chi connectivity index (χ1v) is 10.3. The third-order valence-electron chi connectivity index (χ3n) is 7.01. The van der Waals surface area contributed by atoms with Crippen molar-refractivity contribution >= 4 is 16.9 Å². The van der Waals surface area contributed by atoms with Gasteiger partial charge in [0, 0.05) is 48.1 Å². The normalized spacial score (nSPS) is 32.3. The Morgan fingerprint density at radius 3 is 3.00 bits per heavy atom. The smallest absolute Gasteiger partial charge is 0.310 e. The van der Waals surface area contributed by atoms with Crippen molar-refractivity contribution in [3.63, 3.8) is 0 Å². The van der Waals surface area contributed by atoms with Crippen molar-refractivity contribution in [2.45, 2.75) is 57.9 Å². The van der Waals surface area contributed by atoms with E-state index in [1.54, 1.807) is 0 Å². The lowest BCUT2D eigenvalue weighted by molar-refractivity contribution is -0.134. The Balaban J connectivity index is 1.58. The minimum atomic E-state index is -0.170. The number of rotatable bonds is 3. The first-order valence-electron chi connectivity index (χ1n) is 10.3. The number of esters is 1. The highest BCUT2D eigenvalue weighted by Gasteiger charge is 2.48. The molecule has 1 aromatic carbocycles. The van der Waals surface area contributed by atoms with Crippen LogP contribution in [0.5, 0.6) is 5.75 Å². The summed E-state index contributed by atoms with van der Waals surface area (Å²) >= 11 is 0. The molecule has 4 nitrogen and oxygen atoms in total. The summed E-state index contributed by atoms with van der Waals surface area (Å²) in [5.41, 5.74) is 4.12. The van der Waals surface area contributed by atoms with Crippen molar-refractivity contribution < 1.29 is 9.53 Å². The number of nitrogens with one attached hydrogen (secondary N) is 1. The van der Waals surface area contributed by atoms with E-state index in [9.17, 15) is 4.79 Å². The van der Waals surface area contributed by atoms with Crippen molar-refractivity contribution in [1.29, 1.82) is 0 Å². The topological polar surface area (TPSA) is 45.3 Å². The summed E-state index contributed by atoms with van der Waals surface area (Å²) in [5, 5.41) is 1.25. The van der Waals surface area contributed by atoms with E-state index in [0.29, 0.717) is 24.1 Å². The van der Waals surface area contributed by atoms with E-state index < -0.39 is 0 Å². The maximum Gasteiger partial charge on any atom is 0.310 e. The van der Waals surface area contributed by atoms with Crippen LogP contribution < -0.4 is 4.74 Å². The van der Waals surface area contributed by atoms with E-state index in [2.05, 4.69) is 28.9 Å². The van der Waals surface area contributed by atoms with Gasteiger partial charge in [0.05, 0.1) is 0 Å². The van der Waals surface area contributed by atoms with Crippen LogP contribution >= 0.6 is 0 Å². The van der Waals surface area contributed by atoms with Gasteiger partial charge in [-0.3, -0.25) is 9.69 Å². The zero-order valence-corrected chi connectivity index (χ0v) is 15.8. The molecule has 3 fully saturated rings. The van der Waals surface area contributed by atoms with Gasteiger partial charge in [-0.1, -0.05) is 20.3 Å². The molecular formula is C22H28N2O2. The molecule has 2 aromatic rings. The Morgan fingerprint density at radius 2 is 2.19 bits per heavy atom. The molecular weight excluding hydrogens is 324 g/mol. The molecule has 138 valence electrons. The predicted molar refractivity (Wildman–Crippen MR) is 103 cm³/mol. The summed E-state index contributed by atoms with van der Waals surface area (Å²) in [5.74, 6) is 2.83. The summed E-state index contributed by atoms with van der Waals surface area (Å²) in [6.45, 7) is 6.64. The molecule has 0 spiro atoms. The van der Waals surface area contributed by atoms with Crippen LogP contribution in [-0.2, 0) is 11.2 Å². The molecule has 2 saturated heterocycles. The lowest BCUT2D eigenvalue weighted by atomic mass is 9.65. The third-order valence-corrected chi connectivity index (χ3v) is 7.01. The van der Waals surface area contributed by atoms with Gasteiger partial charge in [-0.05, 0) is 54.9 Å². The van der Waals surface area contributed by atoms with Crippen LogP contribution in [0.4, 0.5) is 0 Å². The van der Waals surface area contributed by atoms with Crippen LogP contribution in [0, 0.1) is 11.8 Å². The van der Waals surface area contributed by atoms with Gasteiger partial charge in [-0.25, -0.2) is 0 Å². The van der Waals surface area contributed by atoms with E-state index >= 15 is 0 Å². The van der Waals surface area contributed by atoms with Crippen LogP contribution in [0.1, 0.15) is 56.7 Å². The van der Waals surface area contributed by atoms with Crippen molar-refractivity contribution in [2.75, 3.05) is 13.1 Å². The minimum absolute atomic E-state index is 0.170. The Labute approximate surface area is 154 Å². The molecule has 1 saturated carbocycles. The Kier molecular flexibility index (Phi) is 3.85. The highest BCUT2D eigenvalue weighted by molar-refractivity contribution is 5.87. The number of nitrogens with zero attached hydrogens (tertiary/aromatic N) is 1. The van der Waals surface area contributed by atoms with Gasteiger partial charge in [0.2, 0.25) is 0 Å². The summed E-state index contributed by atoms with van der Waals surface area (Å²) in [6, 6.07) is 6.77. The molecule has 1 N–H and O–H groups in total. The standard InChI is InChI=1S/C22H28N2O2/c1-3-14-9-13-10-18-21-16(7-8-24(12-13)22(14)18)17-11-15(26-20(25)4-2)5-6-19(17)23-21/h5-6,11,13-14,18,22-23H,3-4,7-10,12H2,1-2H3/t13-,14+,18-,22-/m0/s1. The monoisotopic (exact) mass is 352 g/mol. The average molecular weight is 352 g/mol. The SMILES string of the molecule is CCC(=O)Oc1ccc2[nH]c3c(c2c1)CCN1C[C@H]2C[C@@H](CC)[C@H]1[C@H]3C2. The molecule has 1 aromatic heterocycles. The molecule has 0 amide bonds. The van der Waals surface area contributed by atoms with Crippen molar-refractivity contribution in [3.8, 4) is 5.75 Å². The number of hydrogen-bond acceptors (Lipinski definition) is 3. The van der Waals surface area contributed by atoms with Crippen LogP contribution in [-0.4, -0.2) is 35.0 Å². The lowest BCUT2D eigenvalue weighted by Gasteiger charge is -2.53. The Hall–Kier alpha value is -1.81. The molecule has 1 unspecified atom stereocenters. The third kappa shape index (κ3) is 2.42. The van der Waals surface area contributed by atoms with Gasteiger partial charge >= 0.3 is 5.97 Å². The second kappa shape index (κ2) is 6.12. The second-order valence-corrected chi connectivity index (χ2v) is 8.40. The van der Waals surface area contributed by atoms with Gasteiger partial charge in [-0.2, -0.15) is 0 Å². The van der Waals surface area contributed by atoms with Crippen LogP contribution in [0.2, 0.25) is 0 Å². The van der Waals surface area contributed by atoms with Crippen LogP contribution in [0.15, 0.2) is 18.2 Å². The van der Waals surface area contributed by atoms with E-state index in [1.165, 1.54) is 48.0 Å². The first-order chi connectivity index (χ1) is 12.7. The van der Waals surface area contributed by atoms with E-state index in [-0.39, 0.29) is 5.97 Å². The number of carbonyl (C=O) groups is 1. The molecule has 3 aliphatic heterocycles. The van der Waals surface area contributed by atoms with Crippen molar-refractivity contribution in [2.24, 2.45) is 11.8 Å². The van der Waals surface area contributed by atoms with E-state index in [4.69, 9.17) is 4.74 Å².